The minimum atomic E-state index is -3.06. The first-order chi connectivity index (χ1) is 24.2. The highest BCUT2D eigenvalue weighted by Gasteiger charge is 2.33. The van der Waals surface area contributed by atoms with E-state index >= 15 is 0 Å². The molecule has 0 aliphatic carbocycles. The highest BCUT2D eigenvalue weighted by atomic mass is 32.2. The van der Waals surface area contributed by atoms with Crippen LogP contribution in [-0.4, -0.2) is 133 Å². The molecule has 13 nitrogen and oxygen atoms in total. The van der Waals surface area contributed by atoms with Crippen LogP contribution < -0.4 is 10.1 Å². The van der Waals surface area contributed by atoms with E-state index in [4.69, 9.17) is 14.6 Å². The largest absolute Gasteiger partial charge is 0.434 e. The highest BCUT2D eigenvalue weighted by molar-refractivity contribution is 7.99. The van der Waals surface area contributed by atoms with Crippen molar-refractivity contribution in [3.8, 4) is 17.0 Å². The molecule has 6 heterocycles. The van der Waals surface area contributed by atoms with Crippen LogP contribution in [0.4, 0.5) is 14.5 Å². The van der Waals surface area contributed by atoms with Gasteiger partial charge in [-0.25, -0.2) is 9.50 Å². The molecule has 3 aliphatic heterocycles. The maximum atomic E-state index is 13.6. The number of aliphatic hydroxyl groups excluding tert-OH is 1. The number of fused-ring (bicyclic) bond motifs is 1. The Balaban J connectivity index is 1.09. The Labute approximate surface area is 293 Å². The van der Waals surface area contributed by atoms with E-state index in [1.807, 2.05) is 18.7 Å². The number of benzene rings is 1. The van der Waals surface area contributed by atoms with Crippen LogP contribution in [0.2, 0.25) is 0 Å². The molecule has 0 radical (unpaired) electrons. The first kappa shape index (κ1) is 34.8. The number of aromatic nitrogens is 5. The van der Waals surface area contributed by atoms with Crippen LogP contribution in [-0.2, 0) is 11.3 Å². The molecule has 3 saturated heterocycles. The molecule has 50 heavy (non-hydrogen) atoms. The van der Waals surface area contributed by atoms with Crippen molar-refractivity contribution in [3.05, 3.63) is 54.6 Å². The van der Waals surface area contributed by atoms with E-state index in [1.165, 1.54) is 16.8 Å². The number of carbonyl (C=O) groups excluding carboxylic acids is 1. The van der Waals surface area contributed by atoms with Gasteiger partial charge in [0.1, 0.15) is 23.2 Å². The topological polar surface area (TPSA) is 126 Å². The second-order valence-corrected chi connectivity index (χ2v) is 14.9. The van der Waals surface area contributed by atoms with Gasteiger partial charge in [0, 0.05) is 79.6 Å². The smallest absolute Gasteiger partial charge is 0.387 e. The Kier molecular flexibility index (Phi) is 10.6. The van der Waals surface area contributed by atoms with Gasteiger partial charge in [-0.2, -0.15) is 19.0 Å². The van der Waals surface area contributed by atoms with Crippen molar-refractivity contribution < 1.29 is 28.2 Å². The minimum absolute atomic E-state index is 0.0732. The quantitative estimate of drug-likeness (QED) is 0.209. The molecule has 1 amide bonds. The summed E-state index contributed by atoms with van der Waals surface area (Å²) in [4.78, 5) is 25.9. The monoisotopic (exact) mass is 711 g/mol. The number of anilines is 1. The Bertz CT molecular complexity index is 1770. The van der Waals surface area contributed by atoms with Gasteiger partial charge in [0.15, 0.2) is 5.65 Å². The molecule has 0 bridgehead atoms. The normalized spacial score (nSPS) is 19.3. The zero-order valence-corrected chi connectivity index (χ0v) is 29.0. The van der Waals surface area contributed by atoms with Crippen LogP contribution >= 0.6 is 11.8 Å². The van der Waals surface area contributed by atoms with Crippen LogP contribution in [0, 0.1) is 0 Å². The van der Waals surface area contributed by atoms with E-state index in [2.05, 4.69) is 25.2 Å². The second kappa shape index (κ2) is 15.3. The predicted molar refractivity (Wildman–Crippen MR) is 185 cm³/mol. The van der Waals surface area contributed by atoms with Gasteiger partial charge in [0.25, 0.3) is 5.91 Å². The Morgan fingerprint density at radius 1 is 1.10 bits per heavy atom. The number of ether oxygens (including phenoxy) is 2. The zero-order valence-electron chi connectivity index (χ0n) is 28.2. The standard InChI is InChI=1S/C34H43F2N9O4S/c1-22(2)50-25-4-5-29(49-34(35)36)26(16-25)31-28(39-33(47)27-17-38-45-9-3-8-37-32(27)45)18-44(40-31)19-30(46)43-10-6-23(7-11-43)41-12-14-42(15-13-41)24-20-48-21-24/h3-5,8-9,16-18,22-24,30,34,46H,6-7,10-15,19-21H2,1-2H3,(H,39,47). The summed E-state index contributed by atoms with van der Waals surface area (Å²) < 4.78 is 40.5. The number of hydrogen-bond acceptors (Lipinski definition) is 11. The molecule has 0 saturated carbocycles. The summed E-state index contributed by atoms with van der Waals surface area (Å²) in [6.07, 6.45) is 7.36. The molecule has 3 aromatic heterocycles. The van der Waals surface area contributed by atoms with Gasteiger partial charge in [-0.05, 0) is 37.1 Å². The average molecular weight is 712 g/mol. The molecule has 2 N–H and O–H groups in total. The van der Waals surface area contributed by atoms with Gasteiger partial charge in [0.05, 0.1) is 37.7 Å². The number of likely N-dealkylation sites (tertiary alicyclic amines) is 1. The lowest BCUT2D eigenvalue weighted by atomic mass is 10.0. The van der Waals surface area contributed by atoms with Gasteiger partial charge < -0.3 is 19.9 Å². The van der Waals surface area contributed by atoms with Crippen LogP contribution in [0.15, 0.2) is 53.9 Å². The van der Waals surface area contributed by atoms with Gasteiger partial charge in [-0.15, -0.1) is 11.8 Å². The number of hydrogen-bond donors (Lipinski definition) is 2. The van der Waals surface area contributed by atoms with Crippen molar-refractivity contribution in [2.24, 2.45) is 0 Å². The summed E-state index contributed by atoms with van der Waals surface area (Å²) in [5, 5.41) is 23.5. The molecule has 0 spiro atoms. The van der Waals surface area contributed by atoms with Crippen molar-refractivity contribution in [3.63, 3.8) is 0 Å². The number of alkyl halides is 2. The van der Waals surface area contributed by atoms with E-state index in [0.29, 0.717) is 23.3 Å². The molecule has 7 rings (SSSR count). The number of amides is 1. The number of rotatable bonds is 12. The van der Waals surface area contributed by atoms with E-state index in [0.717, 1.165) is 70.2 Å². The van der Waals surface area contributed by atoms with Crippen molar-refractivity contribution in [2.45, 2.75) is 68.3 Å². The Hall–Kier alpha value is -3.67. The third-order valence-electron chi connectivity index (χ3n) is 9.60. The van der Waals surface area contributed by atoms with Crippen molar-refractivity contribution in [2.75, 3.05) is 57.8 Å². The number of aliphatic hydroxyl groups is 1. The first-order valence-electron chi connectivity index (χ1n) is 17.1. The zero-order chi connectivity index (χ0) is 34.8. The van der Waals surface area contributed by atoms with E-state index in [9.17, 15) is 18.7 Å². The fourth-order valence-corrected chi connectivity index (χ4v) is 7.83. The van der Waals surface area contributed by atoms with Crippen LogP contribution in [0.25, 0.3) is 16.9 Å². The molecule has 3 fully saturated rings. The maximum absolute atomic E-state index is 13.6. The van der Waals surface area contributed by atoms with Crippen molar-refractivity contribution in [1.82, 2.24) is 39.1 Å². The SMILES string of the molecule is CC(C)Sc1ccc(OC(F)F)c(-c2nn(CC(O)N3CCC(N4CCN(C5COC5)CC4)CC3)cc2NC(=O)c2cnn3cccnc23)c1. The predicted octanol–water partition coefficient (Wildman–Crippen LogP) is 3.75. The van der Waals surface area contributed by atoms with Crippen LogP contribution in [0.5, 0.6) is 5.75 Å². The van der Waals surface area contributed by atoms with Gasteiger partial charge in [-0.1, -0.05) is 13.8 Å². The maximum Gasteiger partial charge on any atom is 0.387 e. The Morgan fingerprint density at radius 3 is 2.52 bits per heavy atom. The summed E-state index contributed by atoms with van der Waals surface area (Å²) in [5.41, 5.74) is 1.41. The van der Waals surface area contributed by atoms with Gasteiger partial charge in [-0.3, -0.25) is 24.2 Å². The molecule has 268 valence electrons. The fourth-order valence-electron chi connectivity index (χ4n) is 6.95. The number of halogens is 2. The van der Waals surface area contributed by atoms with E-state index < -0.39 is 18.7 Å². The third kappa shape index (κ3) is 7.80. The number of piperidine rings is 1. The summed E-state index contributed by atoms with van der Waals surface area (Å²) in [7, 11) is 0. The van der Waals surface area contributed by atoms with Gasteiger partial charge >= 0.3 is 6.61 Å². The van der Waals surface area contributed by atoms with E-state index in [1.54, 1.807) is 53.2 Å². The summed E-state index contributed by atoms with van der Waals surface area (Å²) >= 11 is 1.56. The van der Waals surface area contributed by atoms with Crippen LogP contribution in [0.1, 0.15) is 37.0 Å². The number of thioether (sulfide) groups is 1. The lowest BCUT2D eigenvalue weighted by Crippen LogP contribution is -2.59. The van der Waals surface area contributed by atoms with Crippen molar-refractivity contribution in [1.29, 1.82) is 0 Å². The van der Waals surface area contributed by atoms with E-state index in [-0.39, 0.29) is 34.5 Å². The first-order valence-corrected chi connectivity index (χ1v) is 18.0. The number of nitrogens with zero attached hydrogens (tertiary/aromatic N) is 8. The molecular formula is C34H43F2N9O4S. The molecular weight excluding hydrogens is 668 g/mol. The second-order valence-electron chi connectivity index (χ2n) is 13.2. The van der Waals surface area contributed by atoms with Crippen molar-refractivity contribution >= 4 is 29.0 Å². The molecule has 4 aromatic rings. The lowest BCUT2D eigenvalue weighted by Gasteiger charge is -2.46. The third-order valence-corrected chi connectivity index (χ3v) is 10.6. The number of piperazine rings is 1. The molecule has 1 atom stereocenters. The summed E-state index contributed by atoms with van der Waals surface area (Å²) in [5.74, 6) is -0.566. The lowest BCUT2D eigenvalue weighted by molar-refractivity contribution is -0.0844. The molecule has 16 heteroatoms. The highest BCUT2D eigenvalue weighted by Crippen LogP contribution is 2.39. The minimum Gasteiger partial charge on any atom is -0.434 e. The average Bonchev–Trinajstić information content (AvgIpc) is 3.68. The molecule has 1 unspecified atom stereocenters. The molecule has 1 aromatic carbocycles. The number of carbonyl (C=O) groups is 1. The summed E-state index contributed by atoms with van der Waals surface area (Å²) in [6.45, 7) is 8.51. The van der Waals surface area contributed by atoms with Crippen LogP contribution in [0.3, 0.4) is 0 Å². The number of nitrogens with one attached hydrogen (secondary N) is 1. The molecule has 3 aliphatic rings. The Morgan fingerprint density at radius 2 is 1.84 bits per heavy atom. The summed E-state index contributed by atoms with van der Waals surface area (Å²) in [6, 6.07) is 7.71. The van der Waals surface area contributed by atoms with Gasteiger partial charge in [0.2, 0.25) is 0 Å². The fraction of sp³-hybridized carbons (Fsp3) is 0.529.